The van der Waals surface area contributed by atoms with Gasteiger partial charge in [0, 0.05) is 0 Å². The minimum atomic E-state index is -0.972. The molecule has 1 rings (SSSR count). The van der Waals surface area contributed by atoms with Crippen molar-refractivity contribution in [2.45, 2.75) is 40.0 Å². The maximum absolute atomic E-state index is 11.1. The van der Waals surface area contributed by atoms with Gasteiger partial charge in [-0.15, -0.1) is 0 Å². The largest absolute Gasteiger partial charge is 0.481 e. The number of carboxylic acids is 2. The Morgan fingerprint density at radius 1 is 1.00 bits per heavy atom. The van der Waals surface area contributed by atoms with Crippen LogP contribution in [0.25, 0.3) is 0 Å². The second-order valence-electron chi connectivity index (χ2n) is 5.77. The molecule has 3 unspecified atom stereocenters. The number of carbonyl (C=O) groups is 2. The maximum Gasteiger partial charge on any atom is 0.307 e. The van der Waals surface area contributed by atoms with Crippen molar-refractivity contribution >= 4 is 29.3 Å². The quantitative estimate of drug-likeness (QED) is 0.715. The summed E-state index contributed by atoms with van der Waals surface area (Å²) in [4.78, 5) is 22.0. The van der Waals surface area contributed by atoms with Gasteiger partial charge in [-0.25, -0.2) is 0 Å². The van der Waals surface area contributed by atoms with E-state index in [-0.39, 0.29) is 28.3 Å². The molecular formula is C12H24AlO5. The summed E-state index contributed by atoms with van der Waals surface area (Å²) in [5.41, 5.74) is 0.0528. The lowest BCUT2D eigenvalue weighted by Gasteiger charge is -2.38. The Balaban J connectivity index is 0. The van der Waals surface area contributed by atoms with Crippen LogP contribution in [-0.4, -0.2) is 45.0 Å². The number of carboxylic acid groups (broad SMARTS) is 2. The number of hydrogen-bond acceptors (Lipinski definition) is 2. The van der Waals surface area contributed by atoms with E-state index in [9.17, 15) is 9.59 Å². The smallest absolute Gasteiger partial charge is 0.307 e. The Kier molecular flexibility index (Phi) is 7.83. The highest BCUT2D eigenvalue weighted by atomic mass is 27.0. The molecule has 5 nitrogen and oxygen atoms in total. The molecule has 6 heteroatoms. The number of aliphatic carboxylic acids is 2. The van der Waals surface area contributed by atoms with Crippen molar-refractivity contribution in [2.75, 3.05) is 0 Å². The third-order valence-corrected chi connectivity index (χ3v) is 3.71. The molecule has 0 spiro atoms. The zero-order valence-electron chi connectivity index (χ0n) is 11.6. The van der Waals surface area contributed by atoms with E-state index >= 15 is 0 Å². The summed E-state index contributed by atoms with van der Waals surface area (Å²) >= 11 is 0. The Morgan fingerprint density at radius 2 is 1.44 bits per heavy atom. The summed E-state index contributed by atoms with van der Waals surface area (Å²) in [6, 6.07) is 0. The summed E-state index contributed by atoms with van der Waals surface area (Å²) in [6.45, 7) is 6.24. The lowest BCUT2D eigenvalue weighted by atomic mass is 9.65. The molecular weight excluding hydrogens is 251 g/mol. The standard InChI is InChI=1S/C12H20O4.Al.H2O.2H/c1-12(2,3)7-4-5-8(10(13)14)9(6-7)11(15)16;;;;/h7-9H,4-6H2,1-3H3,(H,13,14)(H,15,16);;1H2;;. The van der Waals surface area contributed by atoms with Crippen LogP contribution in [-0.2, 0) is 9.59 Å². The van der Waals surface area contributed by atoms with Gasteiger partial charge in [-0.3, -0.25) is 9.59 Å². The van der Waals surface area contributed by atoms with Gasteiger partial charge in [0.1, 0.15) is 17.4 Å². The fourth-order valence-electron chi connectivity index (χ4n) is 2.53. The molecule has 1 radical (unpaired) electrons. The third-order valence-electron chi connectivity index (χ3n) is 3.71. The van der Waals surface area contributed by atoms with Crippen molar-refractivity contribution in [1.29, 1.82) is 0 Å². The normalized spacial score (nSPS) is 27.6. The molecule has 3 atom stereocenters. The van der Waals surface area contributed by atoms with Crippen molar-refractivity contribution in [3.8, 4) is 0 Å². The van der Waals surface area contributed by atoms with Gasteiger partial charge in [-0.2, -0.15) is 0 Å². The molecule has 0 saturated heterocycles. The maximum atomic E-state index is 11.1. The second kappa shape index (κ2) is 7.13. The number of hydrogen-bond donors (Lipinski definition) is 2. The van der Waals surface area contributed by atoms with Crippen molar-refractivity contribution in [3.05, 3.63) is 0 Å². The topological polar surface area (TPSA) is 106 Å². The SMILES string of the molecule is CC(C)(C)C1CCC(C(=O)O)C(C(=O)O)C1.O.[AlH2]. The van der Waals surface area contributed by atoms with Gasteiger partial charge in [-0.1, -0.05) is 20.8 Å². The van der Waals surface area contributed by atoms with Gasteiger partial charge in [0.15, 0.2) is 0 Å². The zero-order chi connectivity index (χ0) is 12.5. The van der Waals surface area contributed by atoms with Gasteiger partial charge in [0.2, 0.25) is 0 Å². The first-order chi connectivity index (χ1) is 7.23. The van der Waals surface area contributed by atoms with E-state index in [2.05, 4.69) is 20.8 Å². The zero-order valence-corrected chi connectivity index (χ0v) is 13.6. The van der Waals surface area contributed by atoms with Crippen molar-refractivity contribution in [3.63, 3.8) is 0 Å². The average molecular weight is 275 g/mol. The highest BCUT2D eigenvalue weighted by Crippen LogP contribution is 2.42. The molecule has 18 heavy (non-hydrogen) atoms. The van der Waals surface area contributed by atoms with E-state index in [4.69, 9.17) is 10.2 Å². The van der Waals surface area contributed by atoms with Crippen molar-refractivity contribution in [1.82, 2.24) is 0 Å². The van der Waals surface area contributed by atoms with E-state index in [1.807, 2.05) is 0 Å². The minimum Gasteiger partial charge on any atom is -0.481 e. The second-order valence-corrected chi connectivity index (χ2v) is 5.77. The van der Waals surface area contributed by atoms with E-state index in [0.717, 1.165) is 6.42 Å². The fraction of sp³-hybridized carbons (Fsp3) is 0.833. The molecule has 105 valence electrons. The van der Waals surface area contributed by atoms with Crippen molar-refractivity contribution in [2.24, 2.45) is 23.2 Å². The fourth-order valence-corrected chi connectivity index (χ4v) is 2.53. The highest BCUT2D eigenvalue weighted by Gasteiger charge is 2.42. The van der Waals surface area contributed by atoms with E-state index < -0.39 is 23.8 Å². The molecule has 0 aliphatic heterocycles. The molecule has 1 aliphatic rings. The predicted octanol–water partition coefficient (Wildman–Crippen LogP) is 0.493. The van der Waals surface area contributed by atoms with Crippen molar-refractivity contribution < 1.29 is 25.3 Å². The Hall–Kier alpha value is -0.568. The van der Waals surface area contributed by atoms with Crippen LogP contribution in [0.1, 0.15) is 40.0 Å². The van der Waals surface area contributed by atoms with Gasteiger partial charge in [0.05, 0.1) is 11.8 Å². The van der Waals surface area contributed by atoms with Crippen LogP contribution in [0.5, 0.6) is 0 Å². The molecule has 0 bridgehead atoms. The molecule has 0 amide bonds. The molecule has 0 aromatic carbocycles. The molecule has 4 N–H and O–H groups in total. The lowest BCUT2D eigenvalue weighted by molar-refractivity contribution is -0.157. The van der Waals surface area contributed by atoms with Crippen LogP contribution >= 0.6 is 0 Å². The monoisotopic (exact) mass is 275 g/mol. The summed E-state index contributed by atoms with van der Waals surface area (Å²) in [7, 11) is 0. The molecule has 1 fully saturated rings. The molecule has 0 heterocycles. The first kappa shape index (κ1) is 19.8. The lowest BCUT2D eigenvalue weighted by Crippen LogP contribution is -2.39. The first-order valence-electron chi connectivity index (χ1n) is 5.69. The average Bonchev–Trinajstić information content (AvgIpc) is 2.15. The predicted molar refractivity (Wildman–Crippen MR) is 71.2 cm³/mol. The van der Waals surface area contributed by atoms with Gasteiger partial charge < -0.3 is 15.7 Å². The van der Waals surface area contributed by atoms with Crippen LogP contribution < -0.4 is 0 Å². The van der Waals surface area contributed by atoms with Crippen LogP contribution in [0, 0.1) is 23.2 Å². The molecule has 1 saturated carbocycles. The Labute approximate surface area is 118 Å². The highest BCUT2D eigenvalue weighted by molar-refractivity contribution is 5.80. The molecule has 0 aromatic rings. The summed E-state index contributed by atoms with van der Waals surface area (Å²) in [6.07, 6.45) is 1.77. The van der Waals surface area contributed by atoms with Gasteiger partial charge in [-0.05, 0) is 30.6 Å². The van der Waals surface area contributed by atoms with Crippen LogP contribution in [0.3, 0.4) is 0 Å². The summed E-state index contributed by atoms with van der Waals surface area (Å²) < 4.78 is 0. The molecule has 0 aromatic heterocycles. The van der Waals surface area contributed by atoms with Crippen LogP contribution in [0.4, 0.5) is 0 Å². The Bertz CT molecular complexity index is 297. The van der Waals surface area contributed by atoms with Crippen LogP contribution in [0.15, 0.2) is 0 Å². The number of rotatable bonds is 2. The Morgan fingerprint density at radius 3 is 1.78 bits per heavy atom. The molecule has 1 aliphatic carbocycles. The summed E-state index contributed by atoms with van der Waals surface area (Å²) in [5.74, 6) is -3.09. The van der Waals surface area contributed by atoms with E-state index in [1.54, 1.807) is 0 Å². The van der Waals surface area contributed by atoms with Crippen LogP contribution in [0.2, 0.25) is 0 Å². The van der Waals surface area contributed by atoms with E-state index in [0.29, 0.717) is 18.8 Å². The van der Waals surface area contributed by atoms with Gasteiger partial charge >= 0.3 is 11.9 Å². The third kappa shape index (κ3) is 4.60. The first-order valence-corrected chi connectivity index (χ1v) is 5.69. The van der Waals surface area contributed by atoms with Gasteiger partial charge in [0.25, 0.3) is 0 Å². The minimum absolute atomic E-state index is 0. The summed E-state index contributed by atoms with van der Waals surface area (Å²) in [5, 5.41) is 18.1. The van der Waals surface area contributed by atoms with E-state index in [1.165, 1.54) is 0 Å².